The summed E-state index contributed by atoms with van der Waals surface area (Å²) in [5, 5.41) is 3.60. The molecule has 0 N–H and O–H groups in total. The third-order valence-electron chi connectivity index (χ3n) is 2.87. The van der Waals surface area contributed by atoms with Crippen LogP contribution in [0.3, 0.4) is 0 Å². The van der Waals surface area contributed by atoms with Crippen LogP contribution in [0.1, 0.15) is 5.89 Å². The van der Waals surface area contributed by atoms with Crippen molar-refractivity contribution in [2.45, 2.75) is 12.6 Å². The first kappa shape index (κ1) is 13.8. The monoisotopic (exact) mass is 278 g/mol. The van der Waals surface area contributed by atoms with Crippen molar-refractivity contribution < 1.29 is 22.5 Å². The van der Waals surface area contributed by atoms with Crippen LogP contribution in [-0.4, -0.2) is 60.2 Å². The Morgan fingerprint density at radius 3 is 2.53 bits per heavy atom. The number of carbonyl (C=O) groups is 1. The number of piperazine rings is 1. The quantitative estimate of drug-likeness (QED) is 0.802. The van der Waals surface area contributed by atoms with Gasteiger partial charge in [-0.2, -0.15) is 18.2 Å². The number of Topliss-reactive ketones (excluding diaryl/α,β-unsaturated/α-hetero) is 1. The number of alkyl halides is 3. The number of aromatic nitrogens is 2. The summed E-state index contributed by atoms with van der Waals surface area (Å²) >= 11 is 0. The molecule has 1 aliphatic heterocycles. The molecule has 0 spiro atoms. The Kier molecular flexibility index (Phi) is 3.74. The highest BCUT2D eigenvalue weighted by Crippen LogP contribution is 2.19. The van der Waals surface area contributed by atoms with Gasteiger partial charge in [0.05, 0.1) is 6.42 Å². The first-order valence-corrected chi connectivity index (χ1v) is 5.72. The second kappa shape index (κ2) is 5.16. The lowest BCUT2D eigenvalue weighted by molar-refractivity contribution is -0.170. The standard InChI is InChI=1S/C10H13F3N4O2/c1-16-2-4-17(5-3-16)9-14-8(19-15-9)6-7(18)10(11,12)13/h2-6H2,1H3. The highest BCUT2D eigenvalue weighted by molar-refractivity contribution is 5.85. The van der Waals surface area contributed by atoms with Crippen molar-refractivity contribution in [3.8, 4) is 0 Å². The van der Waals surface area contributed by atoms with Crippen molar-refractivity contribution in [2.24, 2.45) is 0 Å². The van der Waals surface area contributed by atoms with Crippen molar-refractivity contribution >= 4 is 11.7 Å². The van der Waals surface area contributed by atoms with Gasteiger partial charge in [0.1, 0.15) is 0 Å². The van der Waals surface area contributed by atoms with E-state index in [1.165, 1.54) is 0 Å². The van der Waals surface area contributed by atoms with E-state index in [0.29, 0.717) is 13.1 Å². The second-order valence-corrected chi connectivity index (χ2v) is 4.38. The molecule has 0 atom stereocenters. The molecule has 1 aromatic rings. The minimum Gasteiger partial charge on any atom is -0.337 e. The molecule has 106 valence electrons. The van der Waals surface area contributed by atoms with Gasteiger partial charge in [-0.3, -0.25) is 4.79 Å². The fraction of sp³-hybridized carbons (Fsp3) is 0.700. The van der Waals surface area contributed by atoms with E-state index < -0.39 is 18.4 Å². The lowest BCUT2D eigenvalue weighted by Crippen LogP contribution is -2.44. The van der Waals surface area contributed by atoms with E-state index in [2.05, 4.69) is 19.6 Å². The number of carbonyl (C=O) groups excluding carboxylic acids is 1. The Hall–Kier alpha value is -1.64. The van der Waals surface area contributed by atoms with Gasteiger partial charge in [0.15, 0.2) is 0 Å². The van der Waals surface area contributed by atoms with Crippen molar-refractivity contribution in [1.29, 1.82) is 0 Å². The molecule has 0 unspecified atom stereocenters. The average molecular weight is 278 g/mol. The summed E-state index contributed by atoms with van der Waals surface area (Å²) in [5.74, 6) is -1.96. The minimum atomic E-state index is -4.87. The van der Waals surface area contributed by atoms with E-state index in [1.54, 1.807) is 0 Å². The van der Waals surface area contributed by atoms with Gasteiger partial charge in [-0.1, -0.05) is 0 Å². The molecule has 2 heterocycles. The van der Waals surface area contributed by atoms with Crippen LogP contribution in [0.25, 0.3) is 0 Å². The van der Waals surface area contributed by atoms with E-state index in [4.69, 9.17) is 0 Å². The van der Waals surface area contributed by atoms with Crippen LogP contribution in [0.4, 0.5) is 19.1 Å². The van der Waals surface area contributed by atoms with Crippen LogP contribution in [0.15, 0.2) is 4.52 Å². The molecular weight excluding hydrogens is 265 g/mol. The summed E-state index contributed by atoms with van der Waals surface area (Å²) < 4.78 is 40.9. The maximum absolute atomic E-state index is 12.1. The molecule has 2 rings (SSSR count). The normalized spacial score (nSPS) is 17.8. The fourth-order valence-electron chi connectivity index (χ4n) is 1.69. The van der Waals surface area contributed by atoms with Crippen molar-refractivity contribution in [2.75, 3.05) is 38.1 Å². The van der Waals surface area contributed by atoms with Gasteiger partial charge in [0.25, 0.3) is 5.95 Å². The molecule has 0 bridgehead atoms. The predicted octanol–water partition coefficient (Wildman–Crippen LogP) is 0.495. The van der Waals surface area contributed by atoms with Gasteiger partial charge in [0, 0.05) is 26.2 Å². The number of hydrogen-bond acceptors (Lipinski definition) is 6. The number of rotatable bonds is 3. The van der Waals surface area contributed by atoms with Crippen molar-refractivity contribution in [3.05, 3.63) is 5.89 Å². The fourth-order valence-corrected chi connectivity index (χ4v) is 1.69. The lowest BCUT2D eigenvalue weighted by atomic mass is 10.3. The summed E-state index contributed by atoms with van der Waals surface area (Å²) in [6, 6.07) is 0. The van der Waals surface area contributed by atoms with E-state index in [0.717, 1.165) is 13.1 Å². The van der Waals surface area contributed by atoms with Gasteiger partial charge in [-0.15, -0.1) is 0 Å². The first-order valence-electron chi connectivity index (χ1n) is 5.72. The minimum absolute atomic E-state index is 0.234. The molecule has 9 heteroatoms. The number of likely N-dealkylation sites (N-methyl/N-ethyl adjacent to an activating group) is 1. The highest BCUT2D eigenvalue weighted by atomic mass is 19.4. The van der Waals surface area contributed by atoms with E-state index >= 15 is 0 Å². The Bertz CT molecular complexity index is 452. The van der Waals surface area contributed by atoms with E-state index in [-0.39, 0.29) is 11.8 Å². The zero-order valence-corrected chi connectivity index (χ0v) is 10.3. The number of hydrogen-bond donors (Lipinski definition) is 0. The van der Waals surface area contributed by atoms with E-state index in [9.17, 15) is 18.0 Å². The van der Waals surface area contributed by atoms with Crippen LogP contribution < -0.4 is 4.90 Å². The molecule has 0 amide bonds. The van der Waals surface area contributed by atoms with E-state index in [1.807, 2.05) is 11.9 Å². The molecule has 1 aromatic heterocycles. The predicted molar refractivity (Wildman–Crippen MR) is 58.8 cm³/mol. The largest absolute Gasteiger partial charge is 0.450 e. The lowest BCUT2D eigenvalue weighted by Gasteiger charge is -2.31. The molecule has 1 aliphatic rings. The third-order valence-corrected chi connectivity index (χ3v) is 2.87. The number of nitrogens with zero attached hydrogens (tertiary/aromatic N) is 4. The van der Waals surface area contributed by atoms with Crippen LogP contribution in [0.5, 0.6) is 0 Å². The van der Waals surface area contributed by atoms with Crippen LogP contribution in [0.2, 0.25) is 0 Å². The molecule has 19 heavy (non-hydrogen) atoms. The van der Waals surface area contributed by atoms with Crippen LogP contribution in [0, 0.1) is 0 Å². The zero-order valence-electron chi connectivity index (χ0n) is 10.3. The molecule has 6 nitrogen and oxygen atoms in total. The van der Waals surface area contributed by atoms with Crippen molar-refractivity contribution in [3.63, 3.8) is 0 Å². The smallest absolute Gasteiger partial charge is 0.337 e. The van der Waals surface area contributed by atoms with Crippen molar-refractivity contribution in [1.82, 2.24) is 15.0 Å². The molecule has 0 saturated carbocycles. The Labute approximate surface area is 107 Å². The number of ketones is 1. The third kappa shape index (κ3) is 3.43. The maximum atomic E-state index is 12.1. The molecule has 1 saturated heterocycles. The molecular formula is C10H13F3N4O2. The molecule has 1 fully saturated rings. The number of anilines is 1. The van der Waals surface area contributed by atoms with Gasteiger partial charge >= 0.3 is 6.18 Å². The Morgan fingerprint density at radius 1 is 1.32 bits per heavy atom. The van der Waals surface area contributed by atoms with Gasteiger partial charge in [-0.25, -0.2) is 0 Å². The topological polar surface area (TPSA) is 62.5 Å². The summed E-state index contributed by atoms with van der Waals surface area (Å²) in [7, 11) is 1.97. The Balaban J connectivity index is 1.97. The SMILES string of the molecule is CN1CCN(c2noc(CC(=O)C(F)(F)F)n2)CC1. The Morgan fingerprint density at radius 2 is 1.95 bits per heavy atom. The van der Waals surface area contributed by atoms with Gasteiger partial charge in [0.2, 0.25) is 11.7 Å². The molecule has 0 radical (unpaired) electrons. The average Bonchev–Trinajstić information content (AvgIpc) is 2.77. The molecule has 0 aromatic carbocycles. The first-order chi connectivity index (χ1) is 8.86. The van der Waals surface area contributed by atoms with Gasteiger partial charge < -0.3 is 14.3 Å². The number of halogens is 3. The summed E-state index contributed by atoms with van der Waals surface area (Å²) in [6.45, 7) is 2.96. The summed E-state index contributed by atoms with van der Waals surface area (Å²) in [6.07, 6.45) is -5.79. The zero-order chi connectivity index (χ0) is 14.0. The second-order valence-electron chi connectivity index (χ2n) is 4.38. The van der Waals surface area contributed by atoms with Crippen LogP contribution >= 0.6 is 0 Å². The van der Waals surface area contributed by atoms with Crippen LogP contribution in [-0.2, 0) is 11.2 Å². The summed E-state index contributed by atoms with van der Waals surface area (Å²) in [5.41, 5.74) is 0. The van der Waals surface area contributed by atoms with Gasteiger partial charge in [-0.05, 0) is 12.2 Å². The summed E-state index contributed by atoms with van der Waals surface area (Å²) in [4.78, 5) is 18.5. The maximum Gasteiger partial charge on any atom is 0.450 e. The molecule has 0 aliphatic carbocycles. The highest BCUT2D eigenvalue weighted by Gasteiger charge is 2.39.